The molecular formula is C36H31Cl2N3O4S. The first-order valence-corrected chi connectivity index (χ1v) is 16.3. The molecule has 3 aromatic carbocycles. The maximum Gasteiger partial charge on any atom is 0.338 e. The Kier molecular flexibility index (Phi) is 9.04. The first kappa shape index (κ1) is 31.6. The van der Waals surface area contributed by atoms with Crippen molar-refractivity contribution in [1.29, 1.82) is 0 Å². The zero-order valence-electron chi connectivity index (χ0n) is 25.7. The van der Waals surface area contributed by atoms with E-state index in [-0.39, 0.29) is 12.2 Å². The zero-order chi connectivity index (χ0) is 32.5. The lowest BCUT2D eigenvalue weighted by atomic mass is 9.96. The third-order valence-corrected chi connectivity index (χ3v) is 9.47. The number of carbonyl (C=O) groups is 1. The average molecular weight is 673 g/mol. The lowest BCUT2D eigenvalue weighted by molar-refractivity contribution is -0.139. The largest absolute Gasteiger partial charge is 0.489 e. The van der Waals surface area contributed by atoms with Gasteiger partial charge in [0.05, 0.1) is 22.4 Å². The predicted octanol–water partition coefficient (Wildman–Crippen LogP) is 7.09. The highest BCUT2D eigenvalue weighted by Gasteiger charge is 2.34. The molecule has 1 atom stereocenters. The van der Waals surface area contributed by atoms with E-state index in [0.29, 0.717) is 42.8 Å². The van der Waals surface area contributed by atoms with Crippen LogP contribution in [-0.4, -0.2) is 21.7 Å². The first-order chi connectivity index (χ1) is 22.2. The van der Waals surface area contributed by atoms with E-state index in [9.17, 15) is 9.59 Å². The van der Waals surface area contributed by atoms with E-state index < -0.39 is 12.0 Å². The second kappa shape index (κ2) is 13.2. The molecule has 0 fully saturated rings. The lowest BCUT2D eigenvalue weighted by Crippen LogP contribution is -2.40. The molecule has 3 heterocycles. The number of hydrogen-bond donors (Lipinski definition) is 0. The van der Waals surface area contributed by atoms with Crippen molar-refractivity contribution in [2.75, 3.05) is 6.61 Å². The smallest absolute Gasteiger partial charge is 0.338 e. The summed E-state index contributed by atoms with van der Waals surface area (Å²) in [6.45, 7) is 8.20. The predicted molar refractivity (Wildman–Crippen MR) is 183 cm³/mol. The van der Waals surface area contributed by atoms with Crippen molar-refractivity contribution in [2.24, 2.45) is 4.99 Å². The van der Waals surface area contributed by atoms with E-state index in [2.05, 4.69) is 15.6 Å². The number of esters is 1. The minimum absolute atomic E-state index is 0.198. The number of nitrogens with zero attached hydrogens (tertiary/aromatic N) is 3. The number of hydrogen-bond acceptors (Lipinski definition) is 6. The number of rotatable bonds is 8. The molecule has 1 aliphatic heterocycles. The molecule has 0 radical (unpaired) electrons. The van der Waals surface area contributed by atoms with E-state index in [0.717, 1.165) is 34.0 Å². The van der Waals surface area contributed by atoms with E-state index in [1.807, 2.05) is 86.7 Å². The second-order valence-electron chi connectivity index (χ2n) is 10.9. The van der Waals surface area contributed by atoms with Gasteiger partial charge >= 0.3 is 5.97 Å². The summed E-state index contributed by atoms with van der Waals surface area (Å²) in [6, 6.07) is 24.0. The molecule has 0 spiro atoms. The monoisotopic (exact) mass is 671 g/mol. The first-order valence-electron chi connectivity index (χ1n) is 14.8. The summed E-state index contributed by atoms with van der Waals surface area (Å²) in [7, 11) is 0. The molecule has 0 saturated heterocycles. The number of benzene rings is 3. The number of allylic oxidation sites excluding steroid dienone is 1. The SMILES string of the molecule is CCOC(=O)C1=C(C)N=c2s/c(=C\c3cc(C)n(-c4ccc(OCc5ccc(Cl)cc5)cc4)c3C)c(=O)n2[C@H]1c1ccccc1Cl. The van der Waals surface area contributed by atoms with Crippen molar-refractivity contribution in [3.05, 3.63) is 148 Å². The number of ether oxygens (including phenoxy) is 2. The van der Waals surface area contributed by atoms with Crippen molar-refractivity contribution >= 4 is 46.6 Å². The standard InChI is InChI=1S/C36H31Cl2N3O4S/c1-5-44-35(43)32-22(3)39-36-41(33(32)29-8-6-7-9-30(29)38)34(42)31(46-36)19-25-18-21(2)40(23(25)4)27-14-16-28(17-15-27)45-20-24-10-12-26(37)13-11-24/h6-19,33H,5,20H2,1-4H3/b31-19-/t33-/m0/s1. The van der Waals surface area contributed by atoms with Crippen LogP contribution in [-0.2, 0) is 16.1 Å². The van der Waals surface area contributed by atoms with Crippen LogP contribution in [0.3, 0.4) is 0 Å². The fraction of sp³-hybridized carbons (Fsp3) is 0.194. The third kappa shape index (κ3) is 6.08. The Bertz CT molecular complexity index is 2160. The summed E-state index contributed by atoms with van der Waals surface area (Å²) in [6.07, 6.45) is 1.89. The van der Waals surface area contributed by atoms with Gasteiger partial charge in [-0.05, 0) is 99.0 Å². The van der Waals surface area contributed by atoms with E-state index in [4.69, 9.17) is 32.7 Å². The minimum atomic E-state index is -0.765. The van der Waals surface area contributed by atoms with E-state index in [1.165, 1.54) is 11.3 Å². The third-order valence-electron chi connectivity index (χ3n) is 7.89. The fourth-order valence-corrected chi connectivity index (χ4v) is 7.10. The molecule has 0 bridgehead atoms. The van der Waals surface area contributed by atoms with Crippen molar-refractivity contribution in [2.45, 2.75) is 40.3 Å². The zero-order valence-corrected chi connectivity index (χ0v) is 28.0. The highest BCUT2D eigenvalue weighted by Crippen LogP contribution is 2.34. The molecule has 0 aliphatic carbocycles. The van der Waals surface area contributed by atoms with Gasteiger partial charge in [-0.15, -0.1) is 0 Å². The Labute approximate surface area is 280 Å². The Balaban J connectivity index is 1.35. The van der Waals surface area contributed by atoms with Gasteiger partial charge in [0, 0.05) is 27.1 Å². The number of carbonyl (C=O) groups excluding carboxylic acids is 1. The fourth-order valence-electron chi connectivity index (χ4n) is 5.69. The van der Waals surface area contributed by atoms with Gasteiger partial charge in [0.25, 0.3) is 5.56 Å². The van der Waals surface area contributed by atoms with Crippen LogP contribution in [0.2, 0.25) is 10.0 Å². The highest BCUT2D eigenvalue weighted by molar-refractivity contribution is 7.07. The van der Waals surface area contributed by atoms with Crippen LogP contribution >= 0.6 is 34.5 Å². The van der Waals surface area contributed by atoms with Crippen molar-refractivity contribution in [3.63, 3.8) is 0 Å². The molecule has 0 unspecified atom stereocenters. The Morgan fingerprint density at radius 3 is 2.41 bits per heavy atom. The molecule has 2 aromatic heterocycles. The van der Waals surface area contributed by atoms with Gasteiger partial charge < -0.3 is 14.0 Å². The number of aromatic nitrogens is 2. The molecule has 234 valence electrons. The van der Waals surface area contributed by atoms with Gasteiger partial charge in [-0.25, -0.2) is 9.79 Å². The van der Waals surface area contributed by atoms with E-state index >= 15 is 0 Å². The lowest BCUT2D eigenvalue weighted by Gasteiger charge is -2.25. The number of halogens is 2. The molecule has 1 aliphatic rings. The van der Waals surface area contributed by atoms with Crippen molar-refractivity contribution < 1.29 is 14.3 Å². The minimum Gasteiger partial charge on any atom is -0.489 e. The maximum absolute atomic E-state index is 14.1. The van der Waals surface area contributed by atoms with Crippen LogP contribution in [0, 0.1) is 13.8 Å². The second-order valence-corrected chi connectivity index (χ2v) is 12.7. The van der Waals surface area contributed by atoms with Gasteiger partial charge in [-0.2, -0.15) is 0 Å². The molecular weight excluding hydrogens is 641 g/mol. The average Bonchev–Trinajstić information content (AvgIpc) is 3.50. The van der Waals surface area contributed by atoms with Gasteiger partial charge in [0.1, 0.15) is 18.4 Å². The molecule has 0 N–H and O–H groups in total. The van der Waals surface area contributed by atoms with Crippen LogP contribution in [0.4, 0.5) is 0 Å². The van der Waals surface area contributed by atoms with Crippen molar-refractivity contribution in [1.82, 2.24) is 9.13 Å². The van der Waals surface area contributed by atoms with E-state index in [1.54, 1.807) is 24.5 Å². The molecule has 46 heavy (non-hydrogen) atoms. The maximum atomic E-state index is 14.1. The number of thiazole rings is 1. The van der Waals surface area contributed by atoms with Crippen LogP contribution in [0.5, 0.6) is 5.75 Å². The highest BCUT2D eigenvalue weighted by atomic mass is 35.5. The van der Waals surface area contributed by atoms with Crippen LogP contribution in [0.25, 0.3) is 11.8 Å². The van der Waals surface area contributed by atoms with Crippen LogP contribution in [0.15, 0.2) is 99.9 Å². The van der Waals surface area contributed by atoms with Crippen molar-refractivity contribution in [3.8, 4) is 11.4 Å². The summed E-state index contributed by atoms with van der Waals surface area (Å²) in [4.78, 5) is 32.4. The van der Waals surface area contributed by atoms with Gasteiger partial charge in [0.2, 0.25) is 0 Å². The summed E-state index contributed by atoms with van der Waals surface area (Å²) in [5.74, 6) is 0.237. The number of aryl methyl sites for hydroxylation is 1. The Morgan fingerprint density at radius 2 is 1.72 bits per heavy atom. The van der Waals surface area contributed by atoms with Crippen LogP contribution in [0.1, 0.15) is 48.0 Å². The molecule has 0 amide bonds. The summed E-state index contributed by atoms with van der Waals surface area (Å²) < 4.78 is 15.5. The summed E-state index contributed by atoms with van der Waals surface area (Å²) in [5, 5.41) is 1.14. The molecule has 10 heteroatoms. The molecule has 7 nitrogen and oxygen atoms in total. The topological polar surface area (TPSA) is 74.8 Å². The van der Waals surface area contributed by atoms with Crippen LogP contribution < -0.4 is 19.6 Å². The quantitative estimate of drug-likeness (QED) is 0.165. The van der Waals surface area contributed by atoms with Gasteiger partial charge in [-0.1, -0.05) is 64.9 Å². The Hall–Kier alpha value is -4.37. The summed E-state index contributed by atoms with van der Waals surface area (Å²) in [5.41, 5.74) is 6.08. The summed E-state index contributed by atoms with van der Waals surface area (Å²) >= 11 is 13.9. The molecule has 5 aromatic rings. The normalized spacial score (nSPS) is 14.7. The number of fused-ring (bicyclic) bond motifs is 1. The van der Waals surface area contributed by atoms with Gasteiger partial charge in [-0.3, -0.25) is 9.36 Å². The molecule has 6 rings (SSSR count). The molecule has 0 saturated carbocycles. The Morgan fingerprint density at radius 1 is 1.00 bits per heavy atom. The van der Waals surface area contributed by atoms with Gasteiger partial charge in [0.15, 0.2) is 4.80 Å².